The van der Waals surface area contributed by atoms with Gasteiger partial charge in [0, 0.05) is 11.8 Å². The minimum Gasteiger partial charge on any atom is -0.299 e. The maximum atomic E-state index is 13.3. The number of carbonyl (C=O) groups is 1. The number of carbonyl (C=O) groups excluding carboxylic acids is 1. The lowest BCUT2D eigenvalue weighted by Crippen LogP contribution is -2.07. The van der Waals surface area contributed by atoms with Crippen molar-refractivity contribution < 1.29 is 9.18 Å². The molecule has 0 radical (unpaired) electrons. The predicted molar refractivity (Wildman–Crippen MR) is 96.2 cm³/mol. The van der Waals surface area contributed by atoms with Crippen molar-refractivity contribution >= 4 is 28.5 Å². The van der Waals surface area contributed by atoms with Gasteiger partial charge in [0.1, 0.15) is 22.7 Å². The largest absolute Gasteiger partial charge is 0.299 e. The maximum Gasteiger partial charge on any atom is 0.144 e. The summed E-state index contributed by atoms with van der Waals surface area (Å²) in [5.41, 5.74) is 2.39. The SMILES string of the molecule is Cc1nc(C)c(-c2csc(CC(=O)Cc3ccc(F)c(C#N)c3)n2)s1. The van der Waals surface area contributed by atoms with E-state index in [-0.39, 0.29) is 24.2 Å². The molecular weight excluding hydrogens is 357 g/mol. The van der Waals surface area contributed by atoms with Crippen LogP contribution in [0.4, 0.5) is 4.39 Å². The highest BCUT2D eigenvalue weighted by Crippen LogP contribution is 2.30. The van der Waals surface area contributed by atoms with Crippen LogP contribution in [0.15, 0.2) is 23.6 Å². The van der Waals surface area contributed by atoms with Gasteiger partial charge >= 0.3 is 0 Å². The Morgan fingerprint density at radius 1 is 1.28 bits per heavy atom. The van der Waals surface area contributed by atoms with E-state index in [0.717, 1.165) is 26.3 Å². The van der Waals surface area contributed by atoms with Crippen LogP contribution in [0.2, 0.25) is 0 Å². The van der Waals surface area contributed by atoms with Crippen LogP contribution in [0.1, 0.15) is 26.8 Å². The van der Waals surface area contributed by atoms with Crippen LogP contribution < -0.4 is 0 Å². The minimum absolute atomic E-state index is 0.0198. The van der Waals surface area contributed by atoms with E-state index in [1.54, 1.807) is 17.4 Å². The molecular formula is C18H14FN3OS2. The van der Waals surface area contributed by atoms with Gasteiger partial charge in [0.05, 0.1) is 33.3 Å². The first-order valence-corrected chi connectivity index (χ1v) is 9.25. The quantitative estimate of drug-likeness (QED) is 0.672. The lowest BCUT2D eigenvalue weighted by molar-refractivity contribution is -0.117. The van der Waals surface area contributed by atoms with E-state index in [2.05, 4.69) is 9.97 Å². The molecule has 0 aliphatic rings. The average Bonchev–Trinajstić information content (AvgIpc) is 3.15. The first-order chi connectivity index (χ1) is 12.0. The number of hydrogen-bond donors (Lipinski definition) is 0. The van der Waals surface area contributed by atoms with Gasteiger partial charge < -0.3 is 0 Å². The number of benzene rings is 1. The Morgan fingerprint density at radius 3 is 2.76 bits per heavy atom. The van der Waals surface area contributed by atoms with Gasteiger partial charge in [0.15, 0.2) is 0 Å². The third kappa shape index (κ3) is 3.98. The lowest BCUT2D eigenvalue weighted by Gasteiger charge is -2.01. The van der Waals surface area contributed by atoms with Gasteiger partial charge in [0.2, 0.25) is 0 Å². The van der Waals surface area contributed by atoms with Gasteiger partial charge in [-0.15, -0.1) is 22.7 Å². The highest BCUT2D eigenvalue weighted by Gasteiger charge is 2.14. The van der Waals surface area contributed by atoms with Crippen molar-refractivity contribution in [2.75, 3.05) is 0 Å². The molecule has 0 fully saturated rings. The van der Waals surface area contributed by atoms with E-state index in [1.807, 2.05) is 19.2 Å². The molecule has 0 atom stereocenters. The van der Waals surface area contributed by atoms with Crippen LogP contribution in [0.25, 0.3) is 10.6 Å². The zero-order valence-corrected chi connectivity index (χ0v) is 15.3. The van der Waals surface area contributed by atoms with Gasteiger partial charge in [0.25, 0.3) is 0 Å². The Bertz CT molecular complexity index is 985. The van der Waals surface area contributed by atoms with E-state index in [9.17, 15) is 9.18 Å². The summed E-state index contributed by atoms with van der Waals surface area (Å²) >= 11 is 3.04. The summed E-state index contributed by atoms with van der Waals surface area (Å²) in [6, 6.07) is 5.96. The Hall–Kier alpha value is -2.43. The Balaban J connectivity index is 1.70. The van der Waals surface area contributed by atoms with Crippen molar-refractivity contribution in [2.45, 2.75) is 26.7 Å². The number of halogens is 1. The standard InChI is InChI=1S/C18H14FN3OS2/c1-10-18(25-11(2)21-10)16-9-24-17(22-16)7-14(23)6-12-3-4-15(19)13(5-12)8-20/h3-5,9H,6-7H2,1-2H3. The van der Waals surface area contributed by atoms with Crippen LogP contribution in [0.3, 0.4) is 0 Å². The molecule has 0 N–H and O–H groups in total. The molecule has 2 heterocycles. The number of aromatic nitrogens is 2. The zero-order chi connectivity index (χ0) is 18.0. The molecule has 7 heteroatoms. The summed E-state index contributed by atoms with van der Waals surface area (Å²) in [6.07, 6.45) is 0.378. The molecule has 0 saturated carbocycles. The Morgan fingerprint density at radius 2 is 2.08 bits per heavy atom. The van der Waals surface area contributed by atoms with Crippen LogP contribution in [-0.4, -0.2) is 15.8 Å². The molecule has 4 nitrogen and oxygen atoms in total. The van der Waals surface area contributed by atoms with Gasteiger partial charge in [-0.05, 0) is 31.5 Å². The van der Waals surface area contributed by atoms with Gasteiger partial charge in [-0.2, -0.15) is 5.26 Å². The topological polar surface area (TPSA) is 66.6 Å². The predicted octanol–water partition coefficient (Wildman–Crippen LogP) is 4.25. The monoisotopic (exact) mass is 371 g/mol. The van der Waals surface area contributed by atoms with Crippen molar-refractivity contribution in [1.29, 1.82) is 5.26 Å². The molecule has 2 aromatic heterocycles. The van der Waals surface area contributed by atoms with Crippen molar-refractivity contribution in [1.82, 2.24) is 9.97 Å². The van der Waals surface area contributed by atoms with E-state index >= 15 is 0 Å². The van der Waals surface area contributed by atoms with E-state index in [4.69, 9.17) is 5.26 Å². The average molecular weight is 371 g/mol. The molecule has 0 saturated heterocycles. The number of nitrogens with zero attached hydrogens (tertiary/aromatic N) is 3. The normalized spacial score (nSPS) is 10.6. The van der Waals surface area contributed by atoms with Crippen LogP contribution in [0.5, 0.6) is 0 Å². The summed E-state index contributed by atoms with van der Waals surface area (Å²) in [7, 11) is 0. The molecule has 1 aromatic carbocycles. The Kier molecular flexibility index (Phi) is 5.02. The summed E-state index contributed by atoms with van der Waals surface area (Å²) in [6.45, 7) is 3.90. The smallest absolute Gasteiger partial charge is 0.144 e. The second-order valence-corrected chi connectivity index (χ2v) is 7.74. The fourth-order valence-electron chi connectivity index (χ4n) is 2.49. The lowest BCUT2D eigenvalue weighted by atomic mass is 10.0. The fourth-order valence-corrected chi connectivity index (χ4v) is 4.26. The first-order valence-electron chi connectivity index (χ1n) is 7.55. The minimum atomic E-state index is -0.571. The molecule has 0 aliphatic carbocycles. The molecule has 126 valence electrons. The summed E-state index contributed by atoms with van der Waals surface area (Å²) in [4.78, 5) is 22.2. The number of nitriles is 1. The molecule has 3 rings (SSSR count). The van der Waals surface area contributed by atoms with Gasteiger partial charge in [-0.3, -0.25) is 4.79 Å². The molecule has 0 amide bonds. The van der Waals surface area contributed by atoms with Crippen molar-refractivity contribution in [3.05, 3.63) is 56.2 Å². The van der Waals surface area contributed by atoms with E-state index in [1.165, 1.54) is 29.5 Å². The Labute approximate surface area is 152 Å². The number of thiazole rings is 2. The summed E-state index contributed by atoms with van der Waals surface area (Å²) in [5.74, 6) is -0.591. The first kappa shape index (κ1) is 17.4. The molecule has 0 unspecified atom stereocenters. The number of rotatable bonds is 5. The molecule has 0 spiro atoms. The third-order valence-corrected chi connectivity index (χ3v) is 5.53. The van der Waals surface area contributed by atoms with Crippen LogP contribution in [-0.2, 0) is 17.6 Å². The highest BCUT2D eigenvalue weighted by molar-refractivity contribution is 7.16. The number of hydrogen-bond acceptors (Lipinski definition) is 6. The fraction of sp³-hybridized carbons (Fsp3) is 0.222. The van der Waals surface area contributed by atoms with Crippen molar-refractivity contribution in [2.24, 2.45) is 0 Å². The van der Waals surface area contributed by atoms with Crippen LogP contribution in [0, 0.1) is 31.0 Å². The summed E-state index contributed by atoms with van der Waals surface area (Å²) < 4.78 is 13.3. The number of aryl methyl sites for hydroxylation is 2. The second kappa shape index (κ2) is 7.21. The zero-order valence-electron chi connectivity index (χ0n) is 13.7. The number of ketones is 1. The van der Waals surface area contributed by atoms with Crippen LogP contribution >= 0.6 is 22.7 Å². The van der Waals surface area contributed by atoms with Crippen molar-refractivity contribution in [3.8, 4) is 16.6 Å². The molecule has 3 aromatic rings. The van der Waals surface area contributed by atoms with E-state index < -0.39 is 5.82 Å². The second-order valence-electron chi connectivity index (χ2n) is 5.59. The summed E-state index contributed by atoms with van der Waals surface area (Å²) in [5, 5.41) is 12.5. The molecule has 0 bridgehead atoms. The van der Waals surface area contributed by atoms with Crippen molar-refractivity contribution in [3.63, 3.8) is 0 Å². The molecule has 25 heavy (non-hydrogen) atoms. The highest BCUT2D eigenvalue weighted by atomic mass is 32.1. The van der Waals surface area contributed by atoms with E-state index in [0.29, 0.717) is 5.56 Å². The van der Waals surface area contributed by atoms with Gasteiger partial charge in [-0.25, -0.2) is 14.4 Å². The number of Topliss-reactive ketones (excluding diaryl/α,β-unsaturated/α-hetero) is 1. The maximum absolute atomic E-state index is 13.3. The molecule has 0 aliphatic heterocycles. The van der Waals surface area contributed by atoms with Gasteiger partial charge in [-0.1, -0.05) is 6.07 Å². The third-order valence-electron chi connectivity index (χ3n) is 3.59.